The lowest BCUT2D eigenvalue weighted by atomic mass is 10.2. The molecular weight excluding hydrogens is 176 g/mol. The summed E-state index contributed by atoms with van der Waals surface area (Å²) in [6.45, 7) is 1.94. The van der Waals surface area contributed by atoms with E-state index in [4.69, 9.17) is 5.11 Å². The van der Waals surface area contributed by atoms with E-state index in [0.29, 0.717) is 6.42 Å². The Labute approximate surface area is 83.7 Å². The highest BCUT2D eigenvalue weighted by Crippen LogP contribution is 2.17. The maximum atomic E-state index is 8.88. The molecule has 0 saturated heterocycles. The van der Waals surface area contributed by atoms with Gasteiger partial charge in [-0.25, -0.2) is 0 Å². The van der Waals surface area contributed by atoms with Crippen LogP contribution in [0.1, 0.15) is 6.42 Å². The van der Waals surface area contributed by atoms with Gasteiger partial charge in [-0.3, -0.25) is 4.99 Å². The van der Waals surface area contributed by atoms with Gasteiger partial charge in [0.2, 0.25) is 0 Å². The average Bonchev–Trinajstić information content (AvgIpc) is 2.68. The van der Waals surface area contributed by atoms with E-state index >= 15 is 0 Å². The minimum absolute atomic E-state index is 0.169. The van der Waals surface area contributed by atoms with Crippen LogP contribution in [0.4, 0.5) is 5.69 Å². The third kappa shape index (κ3) is 1.77. The monoisotopic (exact) mass is 190 g/mol. The second kappa shape index (κ2) is 4.24. The highest BCUT2D eigenvalue weighted by atomic mass is 16.3. The van der Waals surface area contributed by atoms with Gasteiger partial charge in [0.1, 0.15) is 5.84 Å². The minimum Gasteiger partial charge on any atom is -0.396 e. The highest BCUT2D eigenvalue weighted by molar-refractivity contribution is 5.99. The number of para-hydroxylation sites is 1. The van der Waals surface area contributed by atoms with E-state index in [1.54, 1.807) is 0 Å². The van der Waals surface area contributed by atoms with Crippen molar-refractivity contribution < 1.29 is 5.11 Å². The van der Waals surface area contributed by atoms with Crippen LogP contribution in [0.3, 0.4) is 0 Å². The summed E-state index contributed by atoms with van der Waals surface area (Å²) in [5.74, 6) is 0.999. The number of anilines is 1. The number of nitrogens with zero attached hydrogens (tertiary/aromatic N) is 2. The van der Waals surface area contributed by atoms with Crippen LogP contribution < -0.4 is 4.90 Å². The molecule has 0 fully saturated rings. The fourth-order valence-corrected chi connectivity index (χ4v) is 1.69. The normalized spacial score (nSPS) is 15.8. The molecule has 0 bridgehead atoms. The van der Waals surface area contributed by atoms with Gasteiger partial charge in [-0.15, -0.1) is 0 Å². The lowest BCUT2D eigenvalue weighted by Crippen LogP contribution is -2.27. The van der Waals surface area contributed by atoms with Crippen LogP contribution in [0.5, 0.6) is 0 Å². The van der Waals surface area contributed by atoms with Crippen molar-refractivity contribution in [3.05, 3.63) is 30.3 Å². The molecule has 0 spiro atoms. The Kier molecular flexibility index (Phi) is 2.79. The van der Waals surface area contributed by atoms with Gasteiger partial charge in [0.25, 0.3) is 0 Å². The smallest absolute Gasteiger partial charge is 0.106 e. The summed E-state index contributed by atoms with van der Waals surface area (Å²) < 4.78 is 0. The van der Waals surface area contributed by atoms with Crippen LogP contribution in [0.25, 0.3) is 0 Å². The number of amidine groups is 1. The second-order valence-electron chi connectivity index (χ2n) is 3.26. The second-order valence-corrected chi connectivity index (χ2v) is 3.26. The first-order chi connectivity index (χ1) is 6.92. The van der Waals surface area contributed by atoms with Gasteiger partial charge in [-0.1, -0.05) is 18.2 Å². The van der Waals surface area contributed by atoms with Crippen molar-refractivity contribution in [3.63, 3.8) is 0 Å². The molecule has 0 atom stereocenters. The van der Waals surface area contributed by atoms with Gasteiger partial charge in [0, 0.05) is 18.7 Å². The van der Waals surface area contributed by atoms with Crippen molar-refractivity contribution >= 4 is 11.5 Å². The van der Waals surface area contributed by atoms with E-state index in [0.717, 1.165) is 24.6 Å². The third-order valence-electron chi connectivity index (χ3n) is 2.33. The fraction of sp³-hybridized carbons (Fsp3) is 0.364. The van der Waals surface area contributed by atoms with Crippen molar-refractivity contribution in [1.82, 2.24) is 0 Å². The molecule has 0 radical (unpaired) electrons. The molecular formula is C11H14N2O. The average molecular weight is 190 g/mol. The van der Waals surface area contributed by atoms with E-state index in [1.807, 2.05) is 18.2 Å². The summed E-state index contributed by atoms with van der Waals surface area (Å²) in [4.78, 5) is 6.53. The zero-order chi connectivity index (χ0) is 9.80. The van der Waals surface area contributed by atoms with Crippen LogP contribution in [-0.4, -0.2) is 30.6 Å². The molecule has 3 nitrogen and oxygen atoms in total. The van der Waals surface area contributed by atoms with Crippen LogP contribution in [-0.2, 0) is 0 Å². The van der Waals surface area contributed by atoms with Gasteiger partial charge in [0.15, 0.2) is 0 Å². The van der Waals surface area contributed by atoms with Gasteiger partial charge < -0.3 is 10.0 Å². The lowest BCUT2D eigenvalue weighted by molar-refractivity contribution is 0.306. The van der Waals surface area contributed by atoms with Gasteiger partial charge in [0.05, 0.1) is 13.2 Å². The maximum absolute atomic E-state index is 8.88. The molecule has 2 rings (SSSR count). The predicted octanol–water partition coefficient (Wildman–Crippen LogP) is 1.29. The summed E-state index contributed by atoms with van der Waals surface area (Å²) in [7, 11) is 0. The Hall–Kier alpha value is -1.35. The minimum atomic E-state index is 0.169. The Morgan fingerprint density at radius 3 is 2.79 bits per heavy atom. The Balaban J connectivity index is 2.16. The number of aliphatic hydroxyl groups is 1. The Morgan fingerprint density at radius 1 is 1.29 bits per heavy atom. The Bertz CT molecular complexity index is 321. The zero-order valence-corrected chi connectivity index (χ0v) is 8.06. The van der Waals surface area contributed by atoms with Crippen LogP contribution in [0.2, 0.25) is 0 Å². The standard InChI is InChI=1S/C11H14N2O/c14-9-6-11-12-7-8-13(11)10-4-2-1-3-5-10/h1-5,14H,6-9H2. The molecule has 0 unspecified atom stereocenters. The molecule has 1 aliphatic rings. The molecule has 1 heterocycles. The number of hydrogen-bond acceptors (Lipinski definition) is 3. The summed E-state index contributed by atoms with van der Waals surface area (Å²) in [5.41, 5.74) is 1.16. The third-order valence-corrected chi connectivity index (χ3v) is 2.33. The first-order valence-electron chi connectivity index (χ1n) is 4.88. The maximum Gasteiger partial charge on any atom is 0.106 e. The van der Waals surface area contributed by atoms with Crippen molar-refractivity contribution in [2.45, 2.75) is 6.42 Å². The van der Waals surface area contributed by atoms with Crippen LogP contribution in [0.15, 0.2) is 35.3 Å². The first kappa shape index (κ1) is 9.21. The molecule has 0 saturated carbocycles. The van der Waals surface area contributed by atoms with E-state index in [1.165, 1.54) is 0 Å². The predicted molar refractivity (Wildman–Crippen MR) is 57.8 cm³/mol. The number of hydrogen-bond donors (Lipinski definition) is 1. The topological polar surface area (TPSA) is 35.8 Å². The van der Waals surface area contributed by atoms with Crippen LogP contribution in [0, 0.1) is 0 Å². The molecule has 74 valence electrons. The van der Waals surface area contributed by atoms with E-state index in [-0.39, 0.29) is 6.61 Å². The molecule has 0 aliphatic carbocycles. The molecule has 0 amide bonds. The van der Waals surface area contributed by atoms with Gasteiger partial charge in [-0.2, -0.15) is 0 Å². The number of aliphatic hydroxyl groups excluding tert-OH is 1. The molecule has 14 heavy (non-hydrogen) atoms. The molecule has 0 aromatic heterocycles. The zero-order valence-electron chi connectivity index (χ0n) is 8.06. The van der Waals surface area contributed by atoms with Gasteiger partial charge >= 0.3 is 0 Å². The highest BCUT2D eigenvalue weighted by Gasteiger charge is 2.16. The summed E-state index contributed by atoms with van der Waals surface area (Å²) in [5, 5.41) is 8.88. The number of aliphatic imine (C=N–C) groups is 1. The van der Waals surface area contributed by atoms with E-state index in [9.17, 15) is 0 Å². The van der Waals surface area contributed by atoms with Crippen LogP contribution >= 0.6 is 0 Å². The van der Waals surface area contributed by atoms with E-state index < -0.39 is 0 Å². The lowest BCUT2D eigenvalue weighted by Gasteiger charge is -2.19. The van der Waals surface area contributed by atoms with Crippen molar-refractivity contribution in [1.29, 1.82) is 0 Å². The van der Waals surface area contributed by atoms with Crippen molar-refractivity contribution in [2.24, 2.45) is 4.99 Å². The summed E-state index contributed by atoms with van der Waals surface area (Å²) in [6, 6.07) is 10.2. The summed E-state index contributed by atoms with van der Waals surface area (Å²) in [6.07, 6.45) is 0.648. The van der Waals surface area contributed by atoms with Crippen molar-refractivity contribution in [2.75, 3.05) is 24.6 Å². The largest absolute Gasteiger partial charge is 0.396 e. The molecule has 1 aliphatic heterocycles. The molecule has 1 aromatic rings. The molecule has 1 aromatic carbocycles. The van der Waals surface area contributed by atoms with Crippen molar-refractivity contribution in [3.8, 4) is 0 Å². The Morgan fingerprint density at radius 2 is 2.07 bits per heavy atom. The SMILES string of the molecule is OCCC1=NCCN1c1ccccc1. The van der Waals surface area contributed by atoms with Gasteiger partial charge in [-0.05, 0) is 12.1 Å². The first-order valence-corrected chi connectivity index (χ1v) is 4.88. The number of rotatable bonds is 3. The molecule has 3 heteroatoms. The quantitative estimate of drug-likeness (QED) is 0.779. The summed E-state index contributed by atoms with van der Waals surface area (Å²) >= 11 is 0. The van der Waals surface area contributed by atoms with E-state index in [2.05, 4.69) is 22.0 Å². The fourth-order valence-electron chi connectivity index (χ4n) is 1.69. The molecule has 1 N–H and O–H groups in total. The number of benzene rings is 1.